The molecule has 0 saturated carbocycles. The molecule has 4 aromatic rings. The van der Waals surface area contributed by atoms with Gasteiger partial charge in [-0.15, -0.1) is 0 Å². The fourth-order valence-electron chi connectivity index (χ4n) is 2.97. The Bertz CT molecular complexity index is 1160. The lowest BCUT2D eigenvalue weighted by Gasteiger charge is -2.11. The molecule has 4 nitrogen and oxygen atoms in total. The number of nitrogens with one attached hydrogen (secondary N) is 1. The highest BCUT2D eigenvalue weighted by Gasteiger charge is 2.14. The Balaban J connectivity index is 1.73. The van der Waals surface area contributed by atoms with Crippen molar-refractivity contribution in [1.82, 2.24) is 15.3 Å². The van der Waals surface area contributed by atoms with E-state index in [1.54, 1.807) is 36.7 Å². The van der Waals surface area contributed by atoms with Crippen LogP contribution in [0.5, 0.6) is 0 Å². The van der Waals surface area contributed by atoms with Crippen molar-refractivity contribution in [3.8, 4) is 11.3 Å². The first-order valence-electron chi connectivity index (χ1n) is 8.63. The van der Waals surface area contributed by atoms with Gasteiger partial charge in [-0.25, -0.2) is 4.98 Å². The molecule has 1 amide bonds. The predicted molar refractivity (Wildman–Crippen MR) is 113 cm³/mol. The molecule has 0 unspecified atom stereocenters. The van der Waals surface area contributed by atoms with E-state index in [1.807, 2.05) is 36.4 Å². The zero-order chi connectivity index (χ0) is 19.5. The lowest BCUT2D eigenvalue weighted by atomic mass is 10.0. The van der Waals surface area contributed by atoms with E-state index in [9.17, 15) is 4.79 Å². The normalized spacial score (nSPS) is 10.8. The van der Waals surface area contributed by atoms with Crippen LogP contribution in [0.3, 0.4) is 0 Å². The molecule has 0 saturated heterocycles. The second kappa shape index (κ2) is 7.97. The minimum atomic E-state index is -0.209. The molecule has 0 spiro atoms. The summed E-state index contributed by atoms with van der Waals surface area (Å²) in [6, 6.07) is 18.2. The largest absolute Gasteiger partial charge is 0.348 e. The molecular weight excluding hydrogens is 393 g/mol. The van der Waals surface area contributed by atoms with Crippen molar-refractivity contribution in [3.63, 3.8) is 0 Å². The lowest BCUT2D eigenvalue weighted by molar-refractivity contribution is 0.0952. The number of hydrogen-bond acceptors (Lipinski definition) is 3. The Kier molecular flexibility index (Phi) is 5.24. The van der Waals surface area contributed by atoms with Gasteiger partial charge >= 0.3 is 0 Å². The Hall–Kier alpha value is -2.95. The van der Waals surface area contributed by atoms with Crippen LogP contribution in [0.25, 0.3) is 22.2 Å². The SMILES string of the molecule is O=C(NCc1cccc(Cl)c1)c1cc(-c2cccnc2)nc2ccc(Cl)cc12. The van der Waals surface area contributed by atoms with Gasteiger partial charge in [-0.2, -0.15) is 0 Å². The zero-order valence-electron chi connectivity index (χ0n) is 14.7. The molecule has 138 valence electrons. The highest BCUT2D eigenvalue weighted by Crippen LogP contribution is 2.27. The maximum atomic E-state index is 13.0. The van der Waals surface area contributed by atoms with E-state index in [2.05, 4.69) is 15.3 Å². The highest BCUT2D eigenvalue weighted by atomic mass is 35.5. The Labute approximate surface area is 172 Å². The standard InChI is InChI=1S/C22H15Cl2N3O/c23-16-5-1-3-14(9-16)12-26-22(28)19-11-21(15-4-2-8-25-13-15)27-20-7-6-17(24)10-18(19)20/h1-11,13H,12H2,(H,26,28). The minimum absolute atomic E-state index is 0.209. The minimum Gasteiger partial charge on any atom is -0.348 e. The first kappa shape index (κ1) is 18.4. The molecule has 0 fully saturated rings. The molecule has 0 atom stereocenters. The molecule has 0 aliphatic carbocycles. The van der Waals surface area contributed by atoms with Gasteiger partial charge in [-0.3, -0.25) is 9.78 Å². The fraction of sp³-hybridized carbons (Fsp3) is 0.0455. The first-order chi connectivity index (χ1) is 13.6. The van der Waals surface area contributed by atoms with Crippen LogP contribution in [0.1, 0.15) is 15.9 Å². The number of carbonyl (C=O) groups excluding carboxylic acids is 1. The van der Waals surface area contributed by atoms with Gasteiger partial charge in [0, 0.05) is 39.9 Å². The van der Waals surface area contributed by atoms with Crippen molar-refractivity contribution in [1.29, 1.82) is 0 Å². The number of nitrogens with zero attached hydrogens (tertiary/aromatic N) is 2. The maximum absolute atomic E-state index is 13.0. The molecule has 2 aromatic heterocycles. The van der Waals surface area contributed by atoms with Gasteiger partial charge in [0.15, 0.2) is 0 Å². The van der Waals surface area contributed by atoms with E-state index in [0.29, 0.717) is 38.8 Å². The lowest BCUT2D eigenvalue weighted by Crippen LogP contribution is -2.23. The summed E-state index contributed by atoms with van der Waals surface area (Å²) in [6.07, 6.45) is 3.42. The van der Waals surface area contributed by atoms with Crippen LogP contribution in [0.15, 0.2) is 73.1 Å². The van der Waals surface area contributed by atoms with Crippen LogP contribution in [0, 0.1) is 0 Å². The van der Waals surface area contributed by atoms with Crippen LogP contribution in [-0.2, 0) is 6.54 Å². The Morgan fingerprint density at radius 2 is 1.82 bits per heavy atom. The quantitative estimate of drug-likeness (QED) is 0.483. The zero-order valence-corrected chi connectivity index (χ0v) is 16.2. The second-order valence-electron chi connectivity index (χ2n) is 6.27. The van der Waals surface area contributed by atoms with Crippen molar-refractivity contribution < 1.29 is 4.79 Å². The second-order valence-corrected chi connectivity index (χ2v) is 7.14. The van der Waals surface area contributed by atoms with Crippen LogP contribution in [0.4, 0.5) is 0 Å². The van der Waals surface area contributed by atoms with Crippen molar-refractivity contribution in [3.05, 3.63) is 94.2 Å². The summed E-state index contributed by atoms with van der Waals surface area (Å²) >= 11 is 12.2. The third kappa shape index (κ3) is 3.98. The van der Waals surface area contributed by atoms with Gasteiger partial charge < -0.3 is 5.32 Å². The van der Waals surface area contributed by atoms with Crippen LogP contribution >= 0.6 is 23.2 Å². The highest BCUT2D eigenvalue weighted by molar-refractivity contribution is 6.31. The summed E-state index contributed by atoms with van der Waals surface area (Å²) in [5, 5.41) is 4.83. The van der Waals surface area contributed by atoms with E-state index >= 15 is 0 Å². The monoisotopic (exact) mass is 407 g/mol. The molecule has 0 aliphatic rings. The molecule has 1 N–H and O–H groups in total. The van der Waals surface area contributed by atoms with Gasteiger partial charge in [0.1, 0.15) is 0 Å². The molecule has 28 heavy (non-hydrogen) atoms. The number of pyridine rings is 2. The van der Waals surface area contributed by atoms with Crippen molar-refractivity contribution in [2.75, 3.05) is 0 Å². The molecule has 2 heterocycles. The third-order valence-electron chi connectivity index (χ3n) is 4.31. The number of benzene rings is 2. The summed E-state index contributed by atoms with van der Waals surface area (Å²) in [4.78, 5) is 21.8. The summed E-state index contributed by atoms with van der Waals surface area (Å²) in [5.74, 6) is -0.209. The van der Waals surface area contributed by atoms with Crippen LogP contribution in [-0.4, -0.2) is 15.9 Å². The molecule has 4 rings (SSSR count). The summed E-state index contributed by atoms with van der Waals surface area (Å²) in [7, 11) is 0. The average Bonchev–Trinajstić information content (AvgIpc) is 2.72. The van der Waals surface area contributed by atoms with Crippen LogP contribution in [0.2, 0.25) is 10.0 Å². The number of fused-ring (bicyclic) bond motifs is 1. The summed E-state index contributed by atoms with van der Waals surface area (Å²) in [6.45, 7) is 0.367. The van der Waals surface area contributed by atoms with Gasteiger partial charge in [-0.1, -0.05) is 35.3 Å². The summed E-state index contributed by atoms with van der Waals surface area (Å²) < 4.78 is 0. The van der Waals surface area contributed by atoms with E-state index < -0.39 is 0 Å². The van der Waals surface area contributed by atoms with Gasteiger partial charge in [0.2, 0.25) is 0 Å². The van der Waals surface area contributed by atoms with Gasteiger partial charge in [-0.05, 0) is 54.1 Å². The topological polar surface area (TPSA) is 54.9 Å². The van der Waals surface area contributed by atoms with Crippen molar-refractivity contribution in [2.45, 2.75) is 6.54 Å². The van der Waals surface area contributed by atoms with E-state index in [-0.39, 0.29) is 5.91 Å². The van der Waals surface area contributed by atoms with E-state index in [4.69, 9.17) is 23.2 Å². The number of carbonyl (C=O) groups is 1. The molecule has 0 bridgehead atoms. The smallest absolute Gasteiger partial charge is 0.252 e. The molecule has 2 aromatic carbocycles. The third-order valence-corrected chi connectivity index (χ3v) is 4.78. The molecular formula is C22H15Cl2N3O. The molecule has 6 heteroatoms. The van der Waals surface area contributed by atoms with E-state index in [1.165, 1.54) is 0 Å². The number of aromatic nitrogens is 2. The number of amides is 1. The van der Waals surface area contributed by atoms with Crippen molar-refractivity contribution in [2.24, 2.45) is 0 Å². The fourth-order valence-corrected chi connectivity index (χ4v) is 3.36. The van der Waals surface area contributed by atoms with Gasteiger partial charge in [0.25, 0.3) is 5.91 Å². The predicted octanol–water partition coefficient (Wildman–Crippen LogP) is 5.53. The maximum Gasteiger partial charge on any atom is 0.252 e. The summed E-state index contributed by atoms with van der Waals surface area (Å²) in [5.41, 5.74) is 3.64. The molecule has 0 radical (unpaired) electrons. The van der Waals surface area contributed by atoms with E-state index in [0.717, 1.165) is 11.1 Å². The first-order valence-corrected chi connectivity index (χ1v) is 9.39. The van der Waals surface area contributed by atoms with Gasteiger partial charge in [0.05, 0.1) is 16.8 Å². The Morgan fingerprint density at radius 1 is 0.964 bits per heavy atom. The number of hydrogen-bond donors (Lipinski definition) is 1. The average molecular weight is 408 g/mol. The Morgan fingerprint density at radius 3 is 2.61 bits per heavy atom. The number of halogens is 2. The van der Waals surface area contributed by atoms with Crippen molar-refractivity contribution >= 4 is 40.0 Å². The molecule has 0 aliphatic heterocycles. The van der Waals surface area contributed by atoms with Crippen LogP contribution < -0.4 is 5.32 Å². The number of rotatable bonds is 4.